The molecule has 0 aromatic rings. The van der Waals surface area contributed by atoms with Crippen LogP contribution < -0.4 is 10.6 Å². The highest BCUT2D eigenvalue weighted by atomic mass is 16.5. The largest absolute Gasteiger partial charge is 0.379 e. The van der Waals surface area contributed by atoms with Gasteiger partial charge in [0.2, 0.25) is 0 Å². The molecule has 0 spiro atoms. The lowest BCUT2D eigenvalue weighted by molar-refractivity contribution is 0.00947. The molecule has 0 aromatic heterocycles. The normalized spacial score (nSPS) is 28.0. The first-order valence-electron chi connectivity index (χ1n) is 8.27. The Morgan fingerprint density at radius 3 is 2.81 bits per heavy atom. The summed E-state index contributed by atoms with van der Waals surface area (Å²) < 4.78 is 5.42. The number of fused-ring (bicyclic) bond motifs is 1. The number of piperidine rings is 1. The third-order valence-electron chi connectivity index (χ3n) is 4.90. The quantitative estimate of drug-likeness (QED) is 0.817. The molecule has 0 aromatic carbocycles. The number of carbonyl (C=O) groups excluding carboxylic acids is 1. The summed E-state index contributed by atoms with van der Waals surface area (Å²) >= 11 is 0. The average Bonchev–Trinajstić information content (AvgIpc) is 2.81. The van der Waals surface area contributed by atoms with Gasteiger partial charge in [0, 0.05) is 31.8 Å². The number of hydrogen-bond donors (Lipinski definition) is 2. The molecule has 2 fully saturated rings. The highest BCUT2D eigenvalue weighted by molar-refractivity contribution is 5.74. The third-order valence-corrected chi connectivity index (χ3v) is 4.90. The Bertz CT molecular complexity index is 359. The minimum Gasteiger partial charge on any atom is -0.379 e. The summed E-state index contributed by atoms with van der Waals surface area (Å²) in [7, 11) is 1.71. The fourth-order valence-corrected chi connectivity index (χ4v) is 3.72. The number of urea groups is 1. The Kier molecular flexibility index (Phi) is 5.49. The van der Waals surface area contributed by atoms with Crippen molar-refractivity contribution in [2.45, 2.75) is 76.6 Å². The van der Waals surface area contributed by atoms with Crippen LogP contribution in [0, 0.1) is 0 Å². The van der Waals surface area contributed by atoms with Gasteiger partial charge in [-0.25, -0.2) is 4.79 Å². The summed E-state index contributed by atoms with van der Waals surface area (Å²) in [4.78, 5) is 14.7. The summed E-state index contributed by atoms with van der Waals surface area (Å²) in [6.07, 6.45) is 5.70. The maximum absolute atomic E-state index is 12.2. The molecule has 5 nitrogen and oxygen atoms in total. The van der Waals surface area contributed by atoms with E-state index in [9.17, 15) is 4.79 Å². The van der Waals surface area contributed by atoms with Crippen LogP contribution in [0.25, 0.3) is 0 Å². The summed E-state index contributed by atoms with van der Waals surface area (Å²) in [5, 5.41) is 6.22. The van der Waals surface area contributed by atoms with Gasteiger partial charge in [-0.05, 0) is 53.0 Å². The molecule has 5 heteroatoms. The Hall–Kier alpha value is -0.810. The maximum Gasteiger partial charge on any atom is 0.315 e. The van der Waals surface area contributed by atoms with E-state index in [-0.39, 0.29) is 17.7 Å². The second-order valence-corrected chi connectivity index (χ2v) is 7.18. The van der Waals surface area contributed by atoms with E-state index in [1.807, 2.05) is 20.8 Å². The highest BCUT2D eigenvalue weighted by Gasteiger charge is 2.36. The Labute approximate surface area is 128 Å². The molecule has 2 aliphatic rings. The van der Waals surface area contributed by atoms with Crippen LogP contribution in [0.3, 0.4) is 0 Å². The van der Waals surface area contributed by atoms with Crippen molar-refractivity contribution in [3.63, 3.8) is 0 Å². The lowest BCUT2D eigenvalue weighted by Crippen LogP contribution is -2.51. The molecule has 2 rings (SSSR count). The molecule has 0 aliphatic carbocycles. The molecular formula is C16H31N3O2. The topological polar surface area (TPSA) is 53.6 Å². The molecule has 0 saturated carbocycles. The number of rotatable bonds is 5. The number of nitrogens with one attached hydrogen (secondary N) is 2. The fraction of sp³-hybridized carbons (Fsp3) is 0.938. The van der Waals surface area contributed by atoms with E-state index in [0.29, 0.717) is 12.1 Å². The Balaban J connectivity index is 1.77. The van der Waals surface area contributed by atoms with E-state index in [0.717, 1.165) is 19.4 Å². The van der Waals surface area contributed by atoms with Gasteiger partial charge < -0.3 is 15.4 Å². The van der Waals surface area contributed by atoms with Gasteiger partial charge in [0.15, 0.2) is 0 Å². The van der Waals surface area contributed by atoms with Crippen molar-refractivity contribution in [2.75, 3.05) is 20.2 Å². The van der Waals surface area contributed by atoms with Crippen LogP contribution in [-0.2, 0) is 4.74 Å². The number of carbonyl (C=O) groups is 1. The van der Waals surface area contributed by atoms with Gasteiger partial charge in [-0.15, -0.1) is 0 Å². The van der Waals surface area contributed by atoms with Gasteiger partial charge in [-0.1, -0.05) is 6.42 Å². The van der Waals surface area contributed by atoms with Crippen LogP contribution in [0.15, 0.2) is 0 Å². The van der Waals surface area contributed by atoms with Gasteiger partial charge in [0.05, 0.1) is 5.60 Å². The summed E-state index contributed by atoms with van der Waals surface area (Å²) in [5.74, 6) is 0. The predicted molar refractivity (Wildman–Crippen MR) is 84.5 cm³/mol. The lowest BCUT2D eigenvalue weighted by atomic mass is 9.99. The molecule has 2 amide bonds. The molecular weight excluding hydrogens is 266 g/mol. The first-order chi connectivity index (χ1) is 9.91. The maximum atomic E-state index is 12.2. The fourth-order valence-electron chi connectivity index (χ4n) is 3.72. The van der Waals surface area contributed by atoms with E-state index in [2.05, 4.69) is 15.5 Å². The minimum atomic E-state index is -0.208. The van der Waals surface area contributed by atoms with Gasteiger partial charge in [-0.2, -0.15) is 0 Å². The van der Waals surface area contributed by atoms with Crippen LogP contribution in [-0.4, -0.2) is 54.9 Å². The van der Waals surface area contributed by atoms with Gasteiger partial charge in [-0.3, -0.25) is 4.90 Å². The lowest BCUT2D eigenvalue weighted by Gasteiger charge is -2.33. The standard InChI is InChI=1S/C16H31N3O2/c1-12(11-16(2,3)21-4)17-15(20)18-13-8-10-19-9-6-5-7-14(13)19/h12-14H,5-11H2,1-4H3,(H2,17,18,20)/t12-,13+,14-/m0/s1. The monoisotopic (exact) mass is 297 g/mol. The van der Waals surface area contributed by atoms with E-state index in [4.69, 9.17) is 4.74 Å². The molecule has 2 N–H and O–H groups in total. The number of ether oxygens (including phenoxy) is 1. The van der Waals surface area contributed by atoms with E-state index in [1.165, 1.54) is 25.8 Å². The zero-order chi connectivity index (χ0) is 15.5. The summed E-state index contributed by atoms with van der Waals surface area (Å²) in [6.45, 7) is 8.44. The number of hydrogen-bond acceptors (Lipinski definition) is 3. The van der Waals surface area contributed by atoms with Crippen molar-refractivity contribution in [1.82, 2.24) is 15.5 Å². The van der Waals surface area contributed by atoms with Crippen LogP contribution in [0.4, 0.5) is 4.79 Å². The highest BCUT2D eigenvalue weighted by Crippen LogP contribution is 2.27. The van der Waals surface area contributed by atoms with E-state index in [1.54, 1.807) is 7.11 Å². The molecule has 0 radical (unpaired) electrons. The molecule has 21 heavy (non-hydrogen) atoms. The van der Waals surface area contributed by atoms with E-state index >= 15 is 0 Å². The Morgan fingerprint density at radius 2 is 2.10 bits per heavy atom. The van der Waals surface area contributed by atoms with Crippen molar-refractivity contribution < 1.29 is 9.53 Å². The minimum absolute atomic E-state index is 0.0353. The third kappa shape index (κ3) is 4.58. The van der Waals surface area contributed by atoms with E-state index < -0.39 is 0 Å². The first kappa shape index (κ1) is 16.6. The molecule has 2 saturated heterocycles. The first-order valence-corrected chi connectivity index (χ1v) is 8.27. The zero-order valence-electron chi connectivity index (χ0n) is 13.9. The van der Waals surface area contributed by atoms with Crippen molar-refractivity contribution in [3.8, 4) is 0 Å². The summed E-state index contributed by atoms with van der Waals surface area (Å²) in [6, 6.07) is 0.929. The predicted octanol–water partition coefficient (Wildman–Crippen LogP) is 2.12. The average molecular weight is 297 g/mol. The number of nitrogens with zero attached hydrogens (tertiary/aromatic N) is 1. The second-order valence-electron chi connectivity index (χ2n) is 7.18. The van der Waals surface area contributed by atoms with Crippen molar-refractivity contribution in [2.24, 2.45) is 0 Å². The molecule has 2 aliphatic heterocycles. The molecule has 122 valence electrons. The number of amides is 2. The Morgan fingerprint density at radius 1 is 1.33 bits per heavy atom. The summed E-state index contributed by atoms with van der Waals surface area (Å²) in [5.41, 5.74) is -0.208. The van der Waals surface area contributed by atoms with Gasteiger partial charge in [0.25, 0.3) is 0 Å². The smallest absolute Gasteiger partial charge is 0.315 e. The second kappa shape index (κ2) is 6.97. The SMILES string of the molecule is COC(C)(C)C[C@H](C)NC(=O)N[C@@H]1CCN2CCCC[C@@H]12. The van der Waals surface area contributed by atoms with Crippen molar-refractivity contribution in [3.05, 3.63) is 0 Å². The van der Waals surface area contributed by atoms with Crippen LogP contribution in [0.2, 0.25) is 0 Å². The van der Waals surface area contributed by atoms with Gasteiger partial charge in [0.1, 0.15) is 0 Å². The molecule has 0 unspecified atom stereocenters. The van der Waals surface area contributed by atoms with Crippen LogP contribution in [0.5, 0.6) is 0 Å². The van der Waals surface area contributed by atoms with Crippen molar-refractivity contribution in [1.29, 1.82) is 0 Å². The van der Waals surface area contributed by atoms with Gasteiger partial charge >= 0.3 is 6.03 Å². The number of methoxy groups -OCH3 is 1. The molecule has 3 atom stereocenters. The van der Waals surface area contributed by atoms with Crippen LogP contribution >= 0.6 is 0 Å². The molecule has 2 heterocycles. The zero-order valence-corrected chi connectivity index (χ0v) is 13.9. The van der Waals surface area contributed by atoms with Crippen LogP contribution in [0.1, 0.15) is 52.9 Å². The molecule has 0 bridgehead atoms. The van der Waals surface area contributed by atoms with Crippen molar-refractivity contribution >= 4 is 6.03 Å².